The molecule has 0 aromatic heterocycles. The Bertz CT molecular complexity index is 312. The molecular weight excluding hydrogens is 244 g/mol. The van der Waals surface area contributed by atoms with E-state index in [2.05, 4.69) is 38.3 Å². The first-order chi connectivity index (χ1) is 8.56. The molecule has 5 heteroatoms. The van der Waals surface area contributed by atoms with Crippen LogP contribution in [-0.4, -0.2) is 29.7 Å². The predicted molar refractivity (Wildman–Crippen MR) is 76.0 cm³/mol. The maximum Gasteiger partial charge on any atom is 0.326 e. The van der Waals surface area contributed by atoms with E-state index in [9.17, 15) is 9.59 Å². The van der Waals surface area contributed by atoms with Crippen molar-refractivity contribution in [3.8, 4) is 0 Å². The second kappa shape index (κ2) is 7.36. The summed E-state index contributed by atoms with van der Waals surface area (Å²) in [7, 11) is 0. The molecule has 2 amide bonds. The fourth-order valence-corrected chi connectivity index (χ4v) is 1.41. The zero-order valence-electron chi connectivity index (χ0n) is 12.9. The SMILES string of the molecule is CC(C)C[C@H](NC(=O)NCC(C)(C)C(C)C)C(=O)O. The average Bonchev–Trinajstić information content (AvgIpc) is 2.24. The molecule has 0 aliphatic carbocycles. The van der Waals surface area contributed by atoms with Crippen molar-refractivity contribution in [1.29, 1.82) is 0 Å². The first-order valence-corrected chi connectivity index (χ1v) is 6.83. The fraction of sp³-hybridized carbons (Fsp3) is 0.857. The Hall–Kier alpha value is -1.26. The van der Waals surface area contributed by atoms with E-state index in [4.69, 9.17) is 5.11 Å². The standard InChI is InChI=1S/C14H28N2O3/c1-9(2)7-11(12(17)18)16-13(19)15-8-14(5,6)10(3)4/h9-11H,7-8H2,1-6H3,(H,17,18)(H2,15,16,19)/t11-/m0/s1. The normalized spacial score (nSPS) is 13.5. The van der Waals surface area contributed by atoms with Gasteiger partial charge in [0.15, 0.2) is 0 Å². The molecular formula is C14H28N2O3. The Labute approximate surface area is 116 Å². The van der Waals surface area contributed by atoms with Crippen molar-refractivity contribution >= 4 is 12.0 Å². The van der Waals surface area contributed by atoms with Crippen molar-refractivity contribution < 1.29 is 14.7 Å². The van der Waals surface area contributed by atoms with Gasteiger partial charge in [0, 0.05) is 6.54 Å². The summed E-state index contributed by atoms with van der Waals surface area (Å²) in [5.74, 6) is -0.348. The van der Waals surface area contributed by atoms with Gasteiger partial charge in [-0.2, -0.15) is 0 Å². The summed E-state index contributed by atoms with van der Waals surface area (Å²) >= 11 is 0. The van der Waals surface area contributed by atoms with Crippen molar-refractivity contribution in [3.05, 3.63) is 0 Å². The Morgan fingerprint density at radius 2 is 1.68 bits per heavy atom. The first kappa shape index (κ1) is 17.7. The molecule has 5 nitrogen and oxygen atoms in total. The summed E-state index contributed by atoms with van der Waals surface area (Å²) in [5, 5.41) is 14.3. The molecule has 1 atom stereocenters. The molecule has 0 unspecified atom stereocenters. The predicted octanol–water partition coefficient (Wildman–Crippen LogP) is 2.47. The van der Waals surface area contributed by atoms with Gasteiger partial charge in [-0.1, -0.05) is 41.5 Å². The molecule has 0 fully saturated rings. The summed E-state index contributed by atoms with van der Waals surface area (Å²) in [6, 6.07) is -1.25. The molecule has 0 saturated carbocycles. The minimum absolute atomic E-state index is 0.0197. The lowest BCUT2D eigenvalue weighted by Crippen LogP contribution is -2.49. The molecule has 112 valence electrons. The molecule has 0 aliphatic heterocycles. The lowest BCUT2D eigenvalue weighted by molar-refractivity contribution is -0.139. The van der Waals surface area contributed by atoms with E-state index in [-0.39, 0.29) is 11.3 Å². The van der Waals surface area contributed by atoms with Gasteiger partial charge in [-0.25, -0.2) is 9.59 Å². The zero-order chi connectivity index (χ0) is 15.2. The van der Waals surface area contributed by atoms with Crippen molar-refractivity contribution in [2.45, 2.75) is 54.0 Å². The highest BCUT2D eigenvalue weighted by atomic mass is 16.4. The van der Waals surface area contributed by atoms with Crippen LogP contribution in [-0.2, 0) is 4.79 Å². The van der Waals surface area contributed by atoms with Gasteiger partial charge in [0.05, 0.1) is 0 Å². The summed E-state index contributed by atoms with van der Waals surface area (Å²) in [6.45, 7) is 12.7. The maximum atomic E-state index is 11.7. The molecule has 0 heterocycles. The van der Waals surface area contributed by atoms with E-state index in [1.54, 1.807) is 0 Å². The monoisotopic (exact) mass is 272 g/mol. The second-order valence-electron chi connectivity index (χ2n) is 6.49. The zero-order valence-corrected chi connectivity index (χ0v) is 12.9. The van der Waals surface area contributed by atoms with Gasteiger partial charge in [-0.3, -0.25) is 0 Å². The average molecular weight is 272 g/mol. The third kappa shape index (κ3) is 7.03. The number of rotatable bonds is 7. The molecule has 3 N–H and O–H groups in total. The lowest BCUT2D eigenvalue weighted by atomic mass is 9.81. The number of aliphatic carboxylic acids is 1. The topological polar surface area (TPSA) is 78.4 Å². The number of amides is 2. The molecule has 0 bridgehead atoms. The van der Waals surface area contributed by atoms with Crippen LogP contribution >= 0.6 is 0 Å². The van der Waals surface area contributed by atoms with Crippen LogP contribution in [0.2, 0.25) is 0 Å². The molecule has 19 heavy (non-hydrogen) atoms. The van der Waals surface area contributed by atoms with Crippen molar-refractivity contribution in [2.75, 3.05) is 6.54 Å². The highest BCUT2D eigenvalue weighted by Gasteiger charge is 2.25. The van der Waals surface area contributed by atoms with Crippen LogP contribution in [0.15, 0.2) is 0 Å². The second-order valence-corrected chi connectivity index (χ2v) is 6.49. The Balaban J connectivity index is 4.32. The highest BCUT2D eigenvalue weighted by molar-refractivity contribution is 5.82. The van der Waals surface area contributed by atoms with E-state index in [1.165, 1.54) is 0 Å². The first-order valence-electron chi connectivity index (χ1n) is 6.83. The van der Waals surface area contributed by atoms with Crippen LogP contribution in [0.3, 0.4) is 0 Å². The number of nitrogens with one attached hydrogen (secondary N) is 2. The minimum atomic E-state index is -0.994. The maximum absolute atomic E-state index is 11.7. The van der Waals surface area contributed by atoms with E-state index < -0.39 is 18.0 Å². The van der Waals surface area contributed by atoms with Crippen LogP contribution in [0, 0.1) is 17.3 Å². The molecule has 0 aromatic carbocycles. The smallest absolute Gasteiger partial charge is 0.326 e. The summed E-state index contributed by atoms with van der Waals surface area (Å²) in [4.78, 5) is 22.8. The third-order valence-corrected chi connectivity index (χ3v) is 3.58. The minimum Gasteiger partial charge on any atom is -0.480 e. The quantitative estimate of drug-likeness (QED) is 0.666. The van der Waals surface area contributed by atoms with E-state index >= 15 is 0 Å². The van der Waals surface area contributed by atoms with Gasteiger partial charge in [-0.05, 0) is 23.7 Å². The molecule has 0 rings (SSSR count). The van der Waals surface area contributed by atoms with Crippen molar-refractivity contribution in [1.82, 2.24) is 10.6 Å². The fourth-order valence-electron chi connectivity index (χ4n) is 1.41. The number of carbonyl (C=O) groups excluding carboxylic acids is 1. The van der Waals surface area contributed by atoms with Crippen molar-refractivity contribution in [2.24, 2.45) is 17.3 Å². The van der Waals surface area contributed by atoms with Crippen LogP contribution < -0.4 is 10.6 Å². The Morgan fingerprint density at radius 1 is 1.16 bits per heavy atom. The van der Waals surface area contributed by atoms with Crippen LogP contribution in [0.25, 0.3) is 0 Å². The number of carboxylic acids is 1. The number of carboxylic acid groups (broad SMARTS) is 1. The highest BCUT2D eigenvalue weighted by Crippen LogP contribution is 2.24. The van der Waals surface area contributed by atoms with Gasteiger partial charge in [0.25, 0.3) is 0 Å². The number of hydrogen-bond donors (Lipinski definition) is 3. The van der Waals surface area contributed by atoms with Gasteiger partial charge in [0.1, 0.15) is 6.04 Å². The van der Waals surface area contributed by atoms with E-state index in [0.29, 0.717) is 18.9 Å². The lowest BCUT2D eigenvalue weighted by Gasteiger charge is -2.29. The Morgan fingerprint density at radius 3 is 2.05 bits per heavy atom. The summed E-state index contributed by atoms with van der Waals surface area (Å²) < 4.78 is 0. The molecule has 0 aliphatic rings. The van der Waals surface area contributed by atoms with E-state index in [1.807, 2.05) is 13.8 Å². The molecule has 0 spiro atoms. The molecule has 0 aromatic rings. The summed E-state index contributed by atoms with van der Waals surface area (Å²) in [5.41, 5.74) is -0.0197. The van der Waals surface area contributed by atoms with Crippen LogP contribution in [0.4, 0.5) is 4.79 Å². The van der Waals surface area contributed by atoms with Gasteiger partial charge in [-0.15, -0.1) is 0 Å². The van der Waals surface area contributed by atoms with E-state index in [0.717, 1.165) is 0 Å². The molecule has 0 saturated heterocycles. The Kier molecular flexibility index (Phi) is 6.87. The van der Waals surface area contributed by atoms with Gasteiger partial charge < -0.3 is 15.7 Å². The number of hydrogen-bond acceptors (Lipinski definition) is 2. The van der Waals surface area contributed by atoms with Gasteiger partial charge in [0.2, 0.25) is 0 Å². The van der Waals surface area contributed by atoms with Crippen molar-refractivity contribution in [3.63, 3.8) is 0 Å². The summed E-state index contributed by atoms with van der Waals surface area (Å²) in [6.07, 6.45) is 0.427. The third-order valence-electron chi connectivity index (χ3n) is 3.58. The number of urea groups is 1. The van der Waals surface area contributed by atoms with Gasteiger partial charge >= 0.3 is 12.0 Å². The molecule has 0 radical (unpaired) electrons. The van der Waals surface area contributed by atoms with Crippen LogP contribution in [0.1, 0.15) is 48.0 Å². The van der Waals surface area contributed by atoms with Crippen LogP contribution in [0.5, 0.6) is 0 Å². The number of carbonyl (C=O) groups is 2. The largest absolute Gasteiger partial charge is 0.480 e.